The van der Waals surface area contributed by atoms with Crippen molar-refractivity contribution in [2.24, 2.45) is 0 Å². The number of ether oxygens (including phenoxy) is 2. The van der Waals surface area contributed by atoms with E-state index >= 15 is 0 Å². The predicted molar refractivity (Wildman–Crippen MR) is 86.4 cm³/mol. The molecule has 0 unspecified atom stereocenters. The van der Waals surface area contributed by atoms with Crippen LogP contribution in [-0.2, 0) is 6.54 Å². The van der Waals surface area contributed by atoms with Gasteiger partial charge < -0.3 is 19.7 Å². The van der Waals surface area contributed by atoms with Crippen LogP contribution in [0.3, 0.4) is 0 Å². The molecule has 22 heavy (non-hydrogen) atoms. The van der Waals surface area contributed by atoms with Gasteiger partial charge in [0, 0.05) is 17.7 Å². The van der Waals surface area contributed by atoms with Gasteiger partial charge in [-0.25, -0.2) is 4.79 Å². The van der Waals surface area contributed by atoms with E-state index < -0.39 is 5.60 Å². The summed E-state index contributed by atoms with van der Waals surface area (Å²) in [6.07, 6.45) is 0.910. The average molecular weight is 306 g/mol. The van der Waals surface area contributed by atoms with Crippen LogP contribution in [0.5, 0.6) is 11.5 Å². The van der Waals surface area contributed by atoms with Crippen molar-refractivity contribution in [3.05, 3.63) is 23.8 Å². The number of nitrogens with zero attached hydrogens (tertiary/aromatic N) is 1. The maximum Gasteiger partial charge on any atom is 0.318 e. The van der Waals surface area contributed by atoms with Gasteiger partial charge in [0.2, 0.25) is 0 Å². The summed E-state index contributed by atoms with van der Waals surface area (Å²) in [4.78, 5) is 14.3. The van der Waals surface area contributed by atoms with Gasteiger partial charge in [0.25, 0.3) is 0 Å². The Hall–Kier alpha value is -1.91. The molecule has 0 bridgehead atoms. The molecule has 2 amide bonds. The highest BCUT2D eigenvalue weighted by atomic mass is 16.5. The third-order valence-electron chi connectivity index (χ3n) is 3.86. The maximum absolute atomic E-state index is 12.5. The first kappa shape index (κ1) is 16.5. The van der Waals surface area contributed by atoms with Gasteiger partial charge in [-0.05, 0) is 39.3 Å². The van der Waals surface area contributed by atoms with Crippen LogP contribution in [0.25, 0.3) is 0 Å². The number of amides is 2. The van der Waals surface area contributed by atoms with Gasteiger partial charge >= 0.3 is 6.03 Å². The van der Waals surface area contributed by atoms with E-state index in [9.17, 15) is 4.79 Å². The molecule has 1 aliphatic heterocycles. The molecular formula is C17H26N2O3. The Morgan fingerprint density at radius 3 is 2.86 bits per heavy atom. The SMILES string of the molecule is CC[C@H](C)NC(=O)N1Cc2ccc(OC)cc2OC(C)(C)C1. The molecule has 0 aromatic heterocycles. The number of hydrogen-bond donors (Lipinski definition) is 1. The summed E-state index contributed by atoms with van der Waals surface area (Å²) in [5.41, 5.74) is 0.537. The topological polar surface area (TPSA) is 50.8 Å². The molecule has 0 radical (unpaired) electrons. The summed E-state index contributed by atoms with van der Waals surface area (Å²) in [6, 6.07) is 5.85. The number of nitrogens with one attached hydrogen (secondary N) is 1. The Morgan fingerprint density at radius 1 is 1.50 bits per heavy atom. The predicted octanol–water partition coefficient (Wildman–Crippen LogP) is 3.18. The highest BCUT2D eigenvalue weighted by molar-refractivity contribution is 5.75. The van der Waals surface area contributed by atoms with Crippen LogP contribution in [0.1, 0.15) is 39.7 Å². The molecule has 1 aliphatic rings. The van der Waals surface area contributed by atoms with Crippen molar-refractivity contribution in [2.75, 3.05) is 13.7 Å². The molecule has 0 fully saturated rings. The van der Waals surface area contributed by atoms with Gasteiger partial charge in [-0.1, -0.05) is 6.92 Å². The number of carbonyl (C=O) groups is 1. The zero-order valence-corrected chi connectivity index (χ0v) is 14.1. The minimum absolute atomic E-state index is 0.0466. The van der Waals surface area contributed by atoms with Crippen molar-refractivity contribution in [1.82, 2.24) is 10.2 Å². The molecule has 122 valence electrons. The van der Waals surface area contributed by atoms with Crippen LogP contribution in [-0.4, -0.2) is 36.2 Å². The van der Waals surface area contributed by atoms with Crippen molar-refractivity contribution in [1.29, 1.82) is 0 Å². The molecule has 0 saturated carbocycles. The Balaban J connectivity index is 2.25. The first-order valence-electron chi connectivity index (χ1n) is 7.76. The van der Waals surface area contributed by atoms with Gasteiger partial charge in [0.05, 0.1) is 20.2 Å². The van der Waals surface area contributed by atoms with Gasteiger partial charge in [-0.3, -0.25) is 0 Å². The standard InChI is InChI=1S/C17H26N2O3/c1-6-12(2)18-16(20)19-10-13-7-8-14(21-5)9-15(13)22-17(3,4)11-19/h7-9,12H,6,10-11H2,1-5H3,(H,18,20)/t12-/m0/s1. The molecule has 0 spiro atoms. The molecule has 0 saturated heterocycles. The van der Waals surface area contributed by atoms with Crippen LogP contribution in [0.15, 0.2) is 18.2 Å². The van der Waals surface area contributed by atoms with Crippen molar-refractivity contribution in [3.8, 4) is 11.5 Å². The summed E-state index contributed by atoms with van der Waals surface area (Å²) >= 11 is 0. The summed E-state index contributed by atoms with van der Waals surface area (Å²) < 4.78 is 11.4. The number of urea groups is 1. The quantitative estimate of drug-likeness (QED) is 0.933. The number of benzene rings is 1. The molecule has 2 rings (SSSR count). The smallest absolute Gasteiger partial charge is 0.318 e. The molecule has 5 heteroatoms. The van der Waals surface area contributed by atoms with Crippen LogP contribution in [0.2, 0.25) is 0 Å². The van der Waals surface area contributed by atoms with Crippen LogP contribution in [0, 0.1) is 0 Å². The van der Waals surface area contributed by atoms with Crippen LogP contribution >= 0.6 is 0 Å². The third-order valence-corrected chi connectivity index (χ3v) is 3.86. The second kappa shape index (κ2) is 6.46. The third kappa shape index (κ3) is 3.84. The normalized spacial score (nSPS) is 17.8. The lowest BCUT2D eigenvalue weighted by molar-refractivity contribution is 0.0800. The van der Waals surface area contributed by atoms with Crippen molar-refractivity contribution >= 4 is 6.03 Å². The number of fused-ring (bicyclic) bond motifs is 1. The van der Waals surface area contributed by atoms with E-state index in [0.717, 1.165) is 23.5 Å². The zero-order valence-electron chi connectivity index (χ0n) is 14.1. The number of methoxy groups -OCH3 is 1. The molecule has 1 aromatic carbocycles. The van der Waals surface area contributed by atoms with Crippen molar-refractivity contribution in [3.63, 3.8) is 0 Å². The first-order valence-corrected chi connectivity index (χ1v) is 7.76. The van der Waals surface area contributed by atoms with Crippen LogP contribution < -0.4 is 14.8 Å². The zero-order chi connectivity index (χ0) is 16.3. The van der Waals surface area contributed by atoms with E-state index in [0.29, 0.717) is 13.1 Å². The Bertz CT molecular complexity index is 543. The summed E-state index contributed by atoms with van der Waals surface area (Å²) in [5.74, 6) is 1.54. The molecule has 1 heterocycles. The van der Waals surface area contributed by atoms with Gasteiger partial charge in [0.1, 0.15) is 17.1 Å². The number of hydrogen-bond acceptors (Lipinski definition) is 3. The summed E-state index contributed by atoms with van der Waals surface area (Å²) in [7, 11) is 1.63. The van der Waals surface area contributed by atoms with Gasteiger partial charge in [0.15, 0.2) is 0 Å². The molecule has 5 nitrogen and oxygen atoms in total. The Kier molecular flexibility index (Phi) is 4.84. The van der Waals surface area contributed by atoms with E-state index in [2.05, 4.69) is 12.2 Å². The number of carbonyl (C=O) groups excluding carboxylic acids is 1. The molecule has 1 atom stereocenters. The Morgan fingerprint density at radius 2 is 2.23 bits per heavy atom. The minimum Gasteiger partial charge on any atom is -0.497 e. The fraction of sp³-hybridized carbons (Fsp3) is 0.588. The van der Waals surface area contributed by atoms with E-state index in [4.69, 9.17) is 9.47 Å². The van der Waals surface area contributed by atoms with Gasteiger partial charge in [-0.2, -0.15) is 0 Å². The molecular weight excluding hydrogens is 280 g/mol. The lowest BCUT2D eigenvalue weighted by atomic mass is 10.1. The van der Waals surface area contributed by atoms with Crippen molar-refractivity contribution in [2.45, 2.75) is 52.3 Å². The molecule has 1 N–H and O–H groups in total. The van der Waals surface area contributed by atoms with E-state index in [1.54, 1.807) is 7.11 Å². The highest BCUT2D eigenvalue weighted by Gasteiger charge is 2.32. The Labute approximate surface area is 132 Å². The lowest BCUT2D eigenvalue weighted by Crippen LogP contribution is -2.49. The summed E-state index contributed by atoms with van der Waals surface area (Å²) in [5, 5.41) is 3.02. The highest BCUT2D eigenvalue weighted by Crippen LogP contribution is 2.32. The maximum atomic E-state index is 12.5. The number of rotatable bonds is 3. The molecule has 0 aliphatic carbocycles. The van der Waals surface area contributed by atoms with E-state index in [1.165, 1.54) is 0 Å². The second-order valence-electron chi connectivity index (χ2n) is 6.45. The van der Waals surface area contributed by atoms with E-state index in [-0.39, 0.29) is 12.1 Å². The second-order valence-corrected chi connectivity index (χ2v) is 6.45. The fourth-order valence-electron chi connectivity index (χ4n) is 2.49. The fourth-order valence-corrected chi connectivity index (χ4v) is 2.49. The lowest BCUT2D eigenvalue weighted by Gasteiger charge is -2.30. The average Bonchev–Trinajstić information content (AvgIpc) is 2.60. The largest absolute Gasteiger partial charge is 0.497 e. The van der Waals surface area contributed by atoms with Crippen LogP contribution in [0.4, 0.5) is 4.79 Å². The minimum atomic E-state index is -0.454. The van der Waals surface area contributed by atoms with E-state index in [1.807, 2.05) is 43.9 Å². The molecule has 1 aromatic rings. The van der Waals surface area contributed by atoms with Gasteiger partial charge in [-0.15, -0.1) is 0 Å². The summed E-state index contributed by atoms with van der Waals surface area (Å²) in [6.45, 7) is 9.12. The first-order chi connectivity index (χ1) is 10.3. The van der Waals surface area contributed by atoms with Crippen molar-refractivity contribution < 1.29 is 14.3 Å². The monoisotopic (exact) mass is 306 g/mol.